The summed E-state index contributed by atoms with van der Waals surface area (Å²) in [7, 11) is 1.93. The van der Waals surface area contributed by atoms with Gasteiger partial charge in [-0.3, -0.25) is 10.6 Å². The van der Waals surface area contributed by atoms with Crippen molar-refractivity contribution in [3.8, 4) is 0 Å². The molecule has 1 aromatic rings. The van der Waals surface area contributed by atoms with Gasteiger partial charge in [-0.15, -0.1) is 0 Å². The standard InChI is InChI=1S/C17H27N3O/c1-12-11-13(19-18)5-6-15(12)16(21)20(4)14-7-9-17(2,3)10-8-14/h5-6,11,14,19H,7-10,18H2,1-4H3. The van der Waals surface area contributed by atoms with Crippen LogP contribution in [0.25, 0.3) is 0 Å². The van der Waals surface area contributed by atoms with E-state index in [1.165, 1.54) is 12.8 Å². The number of benzene rings is 1. The predicted molar refractivity (Wildman–Crippen MR) is 87.1 cm³/mol. The summed E-state index contributed by atoms with van der Waals surface area (Å²) in [6.07, 6.45) is 4.56. The maximum absolute atomic E-state index is 12.7. The molecule has 0 aromatic heterocycles. The number of rotatable bonds is 3. The SMILES string of the molecule is Cc1cc(NN)ccc1C(=O)N(C)C1CCC(C)(C)CC1. The Labute approximate surface area is 127 Å². The van der Waals surface area contributed by atoms with Crippen molar-refractivity contribution in [2.75, 3.05) is 12.5 Å². The molecule has 1 aliphatic rings. The second-order valence-electron chi connectivity index (χ2n) is 6.99. The van der Waals surface area contributed by atoms with Gasteiger partial charge in [0.05, 0.1) is 0 Å². The number of hydrogen-bond donors (Lipinski definition) is 2. The number of nitrogen functional groups attached to an aromatic ring is 1. The second-order valence-corrected chi connectivity index (χ2v) is 6.99. The highest BCUT2D eigenvalue weighted by molar-refractivity contribution is 5.96. The van der Waals surface area contributed by atoms with Crippen LogP contribution in [-0.2, 0) is 0 Å². The molecule has 3 N–H and O–H groups in total. The van der Waals surface area contributed by atoms with Crippen molar-refractivity contribution < 1.29 is 4.79 Å². The van der Waals surface area contributed by atoms with E-state index in [9.17, 15) is 4.79 Å². The average molecular weight is 289 g/mol. The van der Waals surface area contributed by atoms with Gasteiger partial charge in [0.2, 0.25) is 0 Å². The summed E-state index contributed by atoms with van der Waals surface area (Å²) in [5.41, 5.74) is 5.58. The first kappa shape index (κ1) is 15.8. The quantitative estimate of drug-likeness (QED) is 0.663. The van der Waals surface area contributed by atoms with Crippen molar-refractivity contribution in [1.82, 2.24) is 4.90 Å². The van der Waals surface area contributed by atoms with Gasteiger partial charge in [-0.2, -0.15) is 0 Å². The van der Waals surface area contributed by atoms with Crippen LogP contribution >= 0.6 is 0 Å². The summed E-state index contributed by atoms with van der Waals surface area (Å²) in [5.74, 6) is 5.51. The smallest absolute Gasteiger partial charge is 0.254 e. The molecule has 2 rings (SSSR count). The van der Waals surface area contributed by atoms with Crippen molar-refractivity contribution in [3.05, 3.63) is 29.3 Å². The summed E-state index contributed by atoms with van der Waals surface area (Å²) in [5, 5.41) is 0. The lowest BCUT2D eigenvalue weighted by atomic mass is 9.75. The summed E-state index contributed by atoms with van der Waals surface area (Å²) >= 11 is 0. The van der Waals surface area contributed by atoms with Gasteiger partial charge >= 0.3 is 0 Å². The topological polar surface area (TPSA) is 58.4 Å². The monoisotopic (exact) mass is 289 g/mol. The van der Waals surface area contributed by atoms with Gasteiger partial charge in [0.25, 0.3) is 5.91 Å². The maximum atomic E-state index is 12.7. The molecular weight excluding hydrogens is 262 g/mol. The van der Waals surface area contributed by atoms with Crippen LogP contribution in [0.5, 0.6) is 0 Å². The van der Waals surface area contributed by atoms with E-state index in [1.807, 2.05) is 37.1 Å². The first-order chi connectivity index (χ1) is 9.84. The Hall–Kier alpha value is -1.55. The number of hydrazine groups is 1. The zero-order chi connectivity index (χ0) is 15.6. The zero-order valence-electron chi connectivity index (χ0n) is 13.6. The molecule has 0 saturated heterocycles. The maximum Gasteiger partial charge on any atom is 0.254 e. The number of nitrogens with zero attached hydrogens (tertiary/aromatic N) is 1. The normalized spacial score (nSPS) is 18.3. The molecule has 0 radical (unpaired) electrons. The molecule has 1 amide bonds. The summed E-state index contributed by atoms with van der Waals surface area (Å²) in [6.45, 7) is 6.58. The van der Waals surface area contributed by atoms with Gasteiger partial charge < -0.3 is 10.3 Å². The summed E-state index contributed by atoms with van der Waals surface area (Å²) in [6, 6.07) is 5.97. The number of aryl methyl sites for hydroxylation is 1. The van der Waals surface area contributed by atoms with Crippen molar-refractivity contribution in [2.24, 2.45) is 11.3 Å². The highest BCUT2D eigenvalue weighted by Crippen LogP contribution is 2.37. The van der Waals surface area contributed by atoms with Crippen LogP contribution in [0.2, 0.25) is 0 Å². The Kier molecular flexibility index (Phi) is 4.57. The Bertz CT molecular complexity index is 515. The molecule has 0 unspecified atom stereocenters. The first-order valence-electron chi connectivity index (χ1n) is 7.68. The molecule has 21 heavy (non-hydrogen) atoms. The molecule has 4 heteroatoms. The molecule has 1 fully saturated rings. The van der Waals surface area contributed by atoms with Crippen LogP contribution < -0.4 is 11.3 Å². The largest absolute Gasteiger partial charge is 0.339 e. The third-order valence-corrected chi connectivity index (χ3v) is 4.80. The summed E-state index contributed by atoms with van der Waals surface area (Å²) in [4.78, 5) is 14.6. The van der Waals surface area contributed by atoms with Crippen LogP contribution in [0.1, 0.15) is 55.5 Å². The molecule has 0 atom stereocenters. The van der Waals surface area contributed by atoms with E-state index in [1.54, 1.807) is 0 Å². The minimum Gasteiger partial charge on any atom is -0.339 e. The van der Waals surface area contributed by atoms with Crippen molar-refractivity contribution >= 4 is 11.6 Å². The second kappa shape index (κ2) is 6.06. The van der Waals surface area contributed by atoms with E-state index in [4.69, 9.17) is 5.84 Å². The van der Waals surface area contributed by atoms with E-state index >= 15 is 0 Å². The number of carbonyl (C=O) groups is 1. The lowest BCUT2D eigenvalue weighted by Gasteiger charge is -2.38. The fourth-order valence-electron chi connectivity index (χ4n) is 3.12. The van der Waals surface area contributed by atoms with Crippen molar-refractivity contribution in [1.29, 1.82) is 0 Å². The minimum atomic E-state index is 0.112. The predicted octanol–water partition coefficient (Wildman–Crippen LogP) is 3.32. The lowest BCUT2D eigenvalue weighted by Crippen LogP contribution is -2.41. The third-order valence-electron chi connectivity index (χ3n) is 4.80. The van der Waals surface area contributed by atoms with Gasteiger partial charge in [-0.25, -0.2) is 0 Å². The van der Waals surface area contributed by atoms with Crippen LogP contribution in [0.4, 0.5) is 5.69 Å². The average Bonchev–Trinajstić information content (AvgIpc) is 2.45. The number of amides is 1. The van der Waals surface area contributed by atoms with Crippen LogP contribution in [0, 0.1) is 12.3 Å². The zero-order valence-corrected chi connectivity index (χ0v) is 13.6. The molecule has 1 aliphatic carbocycles. The minimum absolute atomic E-state index is 0.112. The fourth-order valence-corrected chi connectivity index (χ4v) is 3.12. The molecule has 1 saturated carbocycles. The molecule has 0 aliphatic heterocycles. The molecule has 0 spiro atoms. The molecule has 0 bridgehead atoms. The third kappa shape index (κ3) is 3.56. The Morgan fingerprint density at radius 3 is 2.48 bits per heavy atom. The van der Waals surface area contributed by atoms with E-state index in [2.05, 4.69) is 19.3 Å². The van der Waals surface area contributed by atoms with E-state index < -0.39 is 0 Å². The van der Waals surface area contributed by atoms with Gasteiger partial charge in [-0.1, -0.05) is 13.8 Å². The van der Waals surface area contributed by atoms with Crippen LogP contribution in [0.15, 0.2) is 18.2 Å². The number of carbonyl (C=O) groups excluding carboxylic acids is 1. The van der Waals surface area contributed by atoms with Gasteiger partial charge in [-0.05, 0) is 61.8 Å². The van der Waals surface area contributed by atoms with Crippen molar-refractivity contribution in [2.45, 2.75) is 52.5 Å². The number of hydrogen-bond acceptors (Lipinski definition) is 3. The molecule has 1 aromatic carbocycles. The van der Waals surface area contributed by atoms with E-state index in [0.717, 1.165) is 29.7 Å². The Balaban J connectivity index is 2.09. The fraction of sp³-hybridized carbons (Fsp3) is 0.588. The van der Waals surface area contributed by atoms with Gasteiger partial charge in [0.15, 0.2) is 0 Å². The van der Waals surface area contributed by atoms with Crippen LogP contribution in [-0.4, -0.2) is 23.9 Å². The Morgan fingerprint density at radius 2 is 1.95 bits per heavy atom. The van der Waals surface area contributed by atoms with Crippen LogP contribution in [0.3, 0.4) is 0 Å². The number of nitrogens with two attached hydrogens (primary N) is 1. The molecular formula is C17H27N3O. The van der Waals surface area contributed by atoms with Crippen molar-refractivity contribution in [3.63, 3.8) is 0 Å². The Morgan fingerprint density at radius 1 is 1.33 bits per heavy atom. The molecule has 116 valence electrons. The van der Waals surface area contributed by atoms with E-state index in [-0.39, 0.29) is 5.91 Å². The highest BCUT2D eigenvalue weighted by atomic mass is 16.2. The van der Waals surface area contributed by atoms with Gasteiger partial charge in [0, 0.05) is 24.3 Å². The lowest BCUT2D eigenvalue weighted by molar-refractivity contribution is 0.0634. The first-order valence-corrected chi connectivity index (χ1v) is 7.68. The summed E-state index contributed by atoms with van der Waals surface area (Å²) < 4.78 is 0. The number of anilines is 1. The van der Waals surface area contributed by atoms with E-state index in [0.29, 0.717) is 11.5 Å². The highest BCUT2D eigenvalue weighted by Gasteiger charge is 2.31. The van der Waals surface area contributed by atoms with Gasteiger partial charge in [0.1, 0.15) is 0 Å². The molecule has 4 nitrogen and oxygen atoms in total. The molecule has 0 heterocycles. The number of nitrogens with one attached hydrogen (secondary N) is 1.